The molecule has 2 saturated heterocycles. The van der Waals surface area contributed by atoms with E-state index in [1.807, 2.05) is 41.3 Å². The predicted octanol–water partition coefficient (Wildman–Crippen LogP) is 5.06. The Morgan fingerprint density at radius 1 is 0.878 bits per heavy atom. The van der Waals surface area contributed by atoms with Crippen molar-refractivity contribution >= 4 is 5.91 Å². The monoisotopic (exact) mass is 676 g/mol. The van der Waals surface area contributed by atoms with Gasteiger partial charge in [0.05, 0.1) is 19.3 Å². The van der Waals surface area contributed by atoms with Gasteiger partial charge in [-0.15, -0.1) is 0 Å². The number of ether oxygens (including phenoxy) is 3. The van der Waals surface area contributed by atoms with Crippen molar-refractivity contribution in [2.75, 3.05) is 53.0 Å². The highest BCUT2D eigenvalue weighted by molar-refractivity contribution is 5.92. The zero-order chi connectivity index (χ0) is 34.4. The molecule has 0 bridgehead atoms. The molecule has 2 aromatic heterocycles. The molecule has 0 radical (unpaired) electrons. The van der Waals surface area contributed by atoms with Crippen molar-refractivity contribution in [1.82, 2.24) is 29.7 Å². The predicted molar refractivity (Wildman–Crippen MR) is 176 cm³/mol. The quantitative estimate of drug-likeness (QED) is 0.216. The smallest absolute Gasteiger partial charge is 0.422 e. The molecule has 2 aliphatic rings. The van der Waals surface area contributed by atoms with Crippen LogP contribution in [0.5, 0.6) is 17.8 Å². The normalized spacial score (nSPS) is 18.6. The van der Waals surface area contributed by atoms with Crippen LogP contribution in [-0.4, -0.2) is 107 Å². The summed E-state index contributed by atoms with van der Waals surface area (Å²) in [5, 5.41) is 0. The van der Waals surface area contributed by atoms with Gasteiger partial charge in [-0.3, -0.25) is 19.6 Å². The maximum atomic E-state index is 13.5. The Bertz CT molecular complexity index is 1640. The number of methoxy groups -OCH3 is 1. The summed E-state index contributed by atoms with van der Waals surface area (Å²) in [6.45, 7) is 3.27. The summed E-state index contributed by atoms with van der Waals surface area (Å²) in [7, 11) is 1.40. The molecule has 2 aromatic carbocycles. The van der Waals surface area contributed by atoms with E-state index in [9.17, 15) is 18.0 Å². The molecule has 0 N–H and O–H groups in total. The first-order chi connectivity index (χ1) is 23.7. The van der Waals surface area contributed by atoms with Crippen LogP contribution in [0.15, 0.2) is 85.1 Å². The van der Waals surface area contributed by atoms with Crippen molar-refractivity contribution in [2.24, 2.45) is 0 Å². The molecule has 13 heteroatoms. The van der Waals surface area contributed by atoms with Gasteiger partial charge < -0.3 is 19.1 Å². The average Bonchev–Trinajstić information content (AvgIpc) is 3.12. The molecule has 6 rings (SSSR count). The number of carbonyl (C=O) groups excluding carboxylic acids is 1. The third-order valence-electron chi connectivity index (χ3n) is 8.87. The molecule has 4 aromatic rings. The number of carbonyl (C=O) groups is 1. The SMILES string of the molecule is CCOc1nc(OC)c(CN2CC(C(c3ccccc3)c3ccccc3)N3CCN(C(=O)c4ccccn4)C[C@H]3C2)c(OCC(F)(F)F)n1. The topological polar surface area (TPSA) is 93.2 Å². The highest BCUT2D eigenvalue weighted by atomic mass is 19.4. The highest BCUT2D eigenvalue weighted by Crippen LogP contribution is 2.38. The van der Waals surface area contributed by atoms with E-state index in [-0.39, 0.29) is 60.4 Å². The van der Waals surface area contributed by atoms with Crippen LogP contribution in [0.25, 0.3) is 0 Å². The number of rotatable bonds is 11. The number of hydrogen-bond acceptors (Lipinski definition) is 9. The summed E-state index contributed by atoms with van der Waals surface area (Å²) < 4.78 is 56.3. The number of halogens is 3. The Balaban J connectivity index is 1.38. The van der Waals surface area contributed by atoms with Crippen LogP contribution in [0.1, 0.15) is 40.0 Å². The summed E-state index contributed by atoms with van der Waals surface area (Å²) in [6, 6.07) is 25.6. The molecule has 2 atom stereocenters. The number of piperazine rings is 2. The number of pyridine rings is 1. The molecule has 1 unspecified atom stereocenters. The van der Waals surface area contributed by atoms with Crippen molar-refractivity contribution in [2.45, 2.75) is 37.6 Å². The van der Waals surface area contributed by atoms with Gasteiger partial charge in [-0.1, -0.05) is 66.7 Å². The van der Waals surface area contributed by atoms with Crippen molar-refractivity contribution in [3.63, 3.8) is 0 Å². The largest absolute Gasteiger partial charge is 0.481 e. The van der Waals surface area contributed by atoms with Gasteiger partial charge in [0.2, 0.25) is 11.8 Å². The molecule has 2 aliphatic heterocycles. The highest BCUT2D eigenvalue weighted by Gasteiger charge is 2.44. The number of fused-ring (bicyclic) bond motifs is 1. The minimum atomic E-state index is -4.58. The number of aromatic nitrogens is 3. The lowest BCUT2D eigenvalue weighted by Gasteiger charge is -2.53. The first-order valence-electron chi connectivity index (χ1n) is 16.3. The van der Waals surface area contributed by atoms with Crippen LogP contribution >= 0.6 is 0 Å². The van der Waals surface area contributed by atoms with Crippen LogP contribution in [0.4, 0.5) is 13.2 Å². The zero-order valence-corrected chi connectivity index (χ0v) is 27.4. The first kappa shape index (κ1) is 34.1. The molecule has 49 heavy (non-hydrogen) atoms. The van der Waals surface area contributed by atoms with Crippen LogP contribution in [-0.2, 0) is 6.54 Å². The summed E-state index contributed by atoms with van der Waals surface area (Å²) in [5.41, 5.74) is 2.95. The summed E-state index contributed by atoms with van der Waals surface area (Å²) in [6.07, 6.45) is -2.97. The Hall–Kier alpha value is -4.75. The van der Waals surface area contributed by atoms with Crippen LogP contribution in [0, 0.1) is 0 Å². The molecule has 0 saturated carbocycles. The molecular formula is C36H39F3N6O4. The van der Waals surface area contributed by atoms with Gasteiger partial charge in [-0.25, -0.2) is 0 Å². The van der Waals surface area contributed by atoms with Crippen molar-refractivity contribution in [3.8, 4) is 17.8 Å². The van der Waals surface area contributed by atoms with Gasteiger partial charge in [0.25, 0.3) is 5.91 Å². The van der Waals surface area contributed by atoms with E-state index >= 15 is 0 Å². The van der Waals surface area contributed by atoms with Gasteiger partial charge in [-0.05, 0) is 30.2 Å². The Labute approximate surface area is 283 Å². The minimum Gasteiger partial charge on any atom is -0.481 e. The fraction of sp³-hybridized carbons (Fsp3) is 0.389. The molecule has 10 nitrogen and oxygen atoms in total. The zero-order valence-electron chi connectivity index (χ0n) is 27.4. The maximum Gasteiger partial charge on any atom is 0.422 e. The lowest BCUT2D eigenvalue weighted by atomic mass is 9.81. The first-order valence-corrected chi connectivity index (χ1v) is 16.3. The third kappa shape index (κ3) is 8.11. The number of amides is 1. The number of benzene rings is 2. The molecule has 258 valence electrons. The van der Waals surface area contributed by atoms with E-state index in [4.69, 9.17) is 14.2 Å². The van der Waals surface area contributed by atoms with Gasteiger partial charge in [0, 0.05) is 63.5 Å². The fourth-order valence-corrected chi connectivity index (χ4v) is 6.85. The second-order valence-electron chi connectivity index (χ2n) is 12.1. The second-order valence-corrected chi connectivity index (χ2v) is 12.1. The van der Waals surface area contributed by atoms with E-state index in [1.54, 1.807) is 31.3 Å². The third-order valence-corrected chi connectivity index (χ3v) is 8.87. The van der Waals surface area contributed by atoms with E-state index in [0.717, 1.165) is 11.1 Å². The minimum absolute atomic E-state index is 0.0369. The van der Waals surface area contributed by atoms with Gasteiger partial charge in [-0.2, -0.15) is 23.1 Å². The summed E-state index contributed by atoms with van der Waals surface area (Å²) >= 11 is 0. The standard InChI is InChI=1S/C36H39F3N6O4/c1-3-48-35-41-32(47-2)28(33(42-35)49-24-36(37,38)39)22-43-20-27-21-44(34(46)29-16-10-11-17-40-29)18-19-45(27)30(23-43)31(25-12-6-4-7-13-25)26-14-8-5-9-15-26/h4-17,27,30-31H,3,18-24H2,1-2H3/t27-,30?/m1/s1. The van der Waals surface area contributed by atoms with Crippen molar-refractivity contribution < 1.29 is 32.2 Å². The van der Waals surface area contributed by atoms with Crippen LogP contribution < -0.4 is 14.2 Å². The van der Waals surface area contributed by atoms with Gasteiger partial charge in [0.1, 0.15) is 5.69 Å². The van der Waals surface area contributed by atoms with Crippen LogP contribution in [0.2, 0.25) is 0 Å². The summed E-state index contributed by atoms with van der Waals surface area (Å²) in [4.78, 5) is 32.9. The Morgan fingerprint density at radius 3 is 2.16 bits per heavy atom. The van der Waals surface area contributed by atoms with E-state index < -0.39 is 12.8 Å². The molecule has 4 heterocycles. The number of hydrogen-bond donors (Lipinski definition) is 0. The lowest BCUT2D eigenvalue weighted by molar-refractivity contribution is -0.154. The molecule has 0 aliphatic carbocycles. The molecule has 0 spiro atoms. The van der Waals surface area contributed by atoms with E-state index in [1.165, 1.54) is 7.11 Å². The van der Waals surface area contributed by atoms with Crippen LogP contribution in [0.3, 0.4) is 0 Å². The molecule has 2 fully saturated rings. The Kier molecular flexibility index (Phi) is 10.6. The average molecular weight is 677 g/mol. The molecule has 1 amide bonds. The van der Waals surface area contributed by atoms with Crippen molar-refractivity contribution in [3.05, 3.63) is 107 Å². The van der Waals surface area contributed by atoms with Gasteiger partial charge in [0.15, 0.2) is 6.61 Å². The van der Waals surface area contributed by atoms with Crippen molar-refractivity contribution in [1.29, 1.82) is 0 Å². The summed E-state index contributed by atoms with van der Waals surface area (Å²) in [5.74, 6) is -0.344. The lowest BCUT2D eigenvalue weighted by Crippen LogP contribution is -2.67. The van der Waals surface area contributed by atoms with E-state index in [2.05, 4.69) is 49.0 Å². The second kappa shape index (κ2) is 15.2. The van der Waals surface area contributed by atoms with Gasteiger partial charge >= 0.3 is 12.2 Å². The van der Waals surface area contributed by atoms with E-state index in [0.29, 0.717) is 38.4 Å². The number of nitrogens with zero attached hydrogens (tertiary/aromatic N) is 6. The maximum absolute atomic E-state index is 13.5. The fourth-order valence-electron chi connectivity index (χ4n) is 6.85. The number of alkyl halides is 3. The molecular weight excluding hydrogens is 637 g/mol. The Morgan fingerprint density at radius 2 is 1.55 bits per heavy atom.